The van der Waals surface area contributed by atoms with Crippen molar-refractivity contribution in [3.8, 4) is 0 Å². The number of anilines is 1. The van der Waals surface area contributed by atoms with Crippen molar-refractivity contribution < 1.29 is 0 Å². The molecule has 0 bridgehead atoms. The Morgan fingerprint density at radius 1 is 1.11 bits per heavy atom. The molecule has 1 unspecified atom stereocenters. The Morgan fingerprint density at radius 2 is 1.84 bits per heavy atom. The minimum atomic E-state index is 0.0517. The molecule has 100 valence electrons. The molecule has 0 aliphatic heterocycles. The highest BCUT2D eigenvalue weighted by molar-refractivity contribution is 6.42. The quantitative estimate of drug-likeness (QED) is 0.754. The highest BCUT2D eigenvalue weighted by Crippen LogP contribution is 2.29. The minimum absolute atomic E-state index is 0.0517. The highest BCUT2D eigenvalue weighted by Gasteiger charge is 2.10. The summed E-state index contributed by atoms with van der Waals surface area (Å²) in [5.74, 6) is 0. The molecule has 0 radical (unpaired) electrons. The molecule has 2 nitrogen and oxygen atoms in total. The summed E-state index contributed by atoms with van der Waals surface area (Å²) in [5, 5.41) is 4.87. The van der Waals surface area contributed by atoms with E-state index in [4.69, 9.17) is 34.8 Å². The maximum Gasteiger partial charge on any atom is 0.152 e. The van der Waals surface area contributed by atoms with Crippen molar-refractivity contribution in [3.63, 3.8) is 0 Å². The van der Waals surface area contributed by atoms with Crippen LogP contribution in [-0.2, 0) is 0 Å². The third-order valence-electron chi connectivity index (χ3n) is 2.79. The number of hydrogen-bond acceptors (Lipinski definition) is 2. The number of nitrogens with one attached hydrogen (secondary N) is 1. The highest BCUT2D eigenvalue weighted by atomic mass is 35.5. The Morgan fingerprint density at radius 3 is 2.53 bits per heavy atom. The van der Waals surface area contributed by atoms with Gasteiger partial charge in [-0.3, -0.25) is 0 Å². The van der Waals surface area contributed by atoms with Crippen LogP contribution in [0.1, 0.15) is 24.1 Å². The van der Waals surface area contributed by atoms with Gasteiger partial charge >= 0.3 is 0 Å². The Labute approximate surface area is 127 Å². The smallest absolute Gasteiger partial charge is 0.152 e. The van der Waals surface area contributed by atoms with Crippen LogP contribution in [0.4, 0.5) is 5.69 Å². The molecule has 0 spiro atoms. The topological polar surface area (TPSA) is 24.9 Å². The van der Waals surface area contributed by atoms with Crippen molar-refractivity contribution in [1.29, 1.82) is 0 Å². The molecule has 1 aromatic heterocycles. The molecule has 1 atom stereocenters. The van der Waals surface area contributed by atoms with Gasteiger partial charge < -0.3 is 5.32 Å². The van der Waals surface area contributed by atoms with Crippen LogP contribution >= 0.6 is 34.8 Å². The Kier molecular flexibility index (Phi) is 4.56. The van der Waals surface area contributed by atoms with Crippen LogP contribution in [0, 0.1) is 6.92 Å². The van der Waals surface area contributed by atoms with Gasteiger partial charge in [0.2, 0.25) is 0 Å². The van der Waals surface area contributed by atoms with E-state index in [0.717, 1.165) is 16.8 Å². The number of benzene rings is 1. The number of rotatable bonds is 3. The molecule has 1 N–H and O–H groups in total. The second-order valence-electron chi connectivity index (χ2n) is 4.39. The van der Waals surface area contributed by atoms with Gasteiger partial charge in [0.05, 0.1) is 15.7 Å². The number of halogens is 3. The zero-order valence-corrected chi connectivity index (χ0v) is 12.8. The molecule has 0 aliphatic carbocycles. The summed E-state index contributed by atoms with van der Waals surface area (Å²) in [6, 6.07) is 7.58. The van der Waals surface area contributed by atoms with Gasteiger partial charge in [-0.05, 0) is 43.2 Å². The van der Waals surface area contributed by atoms with Crippen LogP contribution in [0.25, 0.3) is 0 Å². The van der Waals surface area contributed by atoms with Crippen LogP contribution in [0.15, 0.2) is 30.5 Å². The third-order valence-corrected chi connectivity index (χ3v) is 3.83. The molecular weight excluding hydrogens is 303 g/mol. The second kappa shape index (κ2) is 6.00. The molecule has 0 saturated carbocycles. The van der Waals surface area contributed by atoms with Crippen LogP contribution in [0.2, 0.25) is 15.2 Å². The summed E-state index contributed by atoms with van der Waals surface area (Å²) >= 11 is 18.0. The summed E-state index contributed by atoms with van der Waals surface area (Å²) in [5.41, 5.74) is 2.89. The Hall–Kier alpha value is -0.960. The van der Waals surface area contributed by atoms with Gasteiger partial charge in [-0.15, -0.1) is 0 Å². The molecular formula is C14H13Cl3N2. The maximum atomic E-state index is 6.06. The number of hydrogen-bond donors (Lipinski definition) is 1. The van der Waals surface area contributed by atoms with Crippen molar-refractivity contribution in [2.75, 3.05) is 5.32 Å². The summed E-state index contributed by atoms with van der Waals surface area (Å²) in [7, 11) is 0. The predicted octanol–water partition coefficient (Wildman–Crippen LogP) is 5.52. The van der Waals surface area contributed by atoms with Gasteiger partial charge in [0.25, 0.3) is 0 Å². The average molecular weight is 316 g/mol. The zero-order valence-electron chi connectivity index (χ0n) is 10.5. The molecule has 0 fully saturated rings. The fraction of sp³-hybridized carbons (Fsp3) is 0.214. The van der Waals surface area contributed by atoms with E-state index in [1.807, 2.05) is 32.0 Å². The zero-order chi connectivity index (χ0) is 14.0. The number of aryl methyl sites for hydroxylation is 1. The van der Waals surface area contributed by atoms with E-state index in [0.29, 0.717) is 15.2 Å². The lowest BCUT2D eigenvalue weighted by Gasteiger charge is -2.17. The molecule has 1 aromatic carbocycles. The maximum absolute atomic E-state index is 6.06. The van der Waals surface area contributed by atoms with Gasteiger partial charge in [0.15, 0.2) is 5.15 Å². The van der Waals surface area contributed by atoms with E-state index in [2.05, 4.69) is 10.3 Å². The van der Waals surface area contributed by atoms with E-state index in [1.54, 1.807) is 12.3 Å². The van der Waals surface area contributed by atoms with Gasteiger partial charge in [-0.2, -0.15) is 0 Å². The van der Waals surface area contributed by atoms with E-state index < -0.39 is 0 Å². The van der Waals surface area contributed by atoms with Gasteiger partial charge in [-0.25, -0.2) is 4.98 Å². The van der Waals surface area contributed by atoms with Gasteiger partial charge in [-0.1, -0.05) is 40.9 Å². The van der Waals surface area contributed by atoms with Crippen LogP contribution in [-0.4, -0.2) is 4.98 Å². The lowest BCUT2D eigenvalue weighted by molar-refractivity contribution is 0.882. The molecule has 0 aliphatic rings. The first-order chi connectivity index (χ1) is 8.97. The van der Waals surface area contributed by atoms with E-state index >= 15 is 0 Å². The molecule has 19 heavy (non-hydrogen) atoms. The fourth-order valence-electron chi connectivity index (χ4n) is 1.75. The fourth-order valence-corrected chi connectivity index (χ4v) is 2.22. The first-order valence-electron chi connectivity index (χ1n) is 5.81. The van der Waals surface area contributed by atoms with Gasteiger partial charge in [0.1, 0.15) is 0 Å². The molecule has 0 saturated heterocycles. The van der Waals surface area contributed by atoms with Crippen molar-refractivity contribution in [2.45, 2.75) is 19.9 Å². The molecule has 2 rings (SSSR count). The number of aromatic nitrogens is 1. The Bertz CT molecular complexity index is 599. The first kappa shape index (κ1) is 14.4. The van der Waals surface area contributed by atoms with Crippen LogP contribution in [0.3, 0.4) is 0 Å². The third kappa shape index (κ3) is 3.53. The minimum Gasteiger partial charge on any atom is -0.376 e. The standard InChI is InChI=1S/C14H13Cl3N2/c1-8-5-13(14(17)18-7-8)19-9(2)10-3-4-11(15)12(16)6-10/h3-7,9,19H,1-2H3. The summed E-state index contributed by atoms with van der Waals surface area (Å²) < 4.78 is 0. The first-order valence-corrected chi connectivity index (χ1v) is 6.94. The normalized spacial score (nSPS) is 12.3. The lowest BCUT2D eigenvalue weighted by Crippen LogP contribution is -2.07. The monoisotopic (exact) mass is 314 g/mol. The van der Waals surface area contributed by atoms with Crippen molar-refractivity contribution in [2.24, 2.45) is 0 Å². The molecule has 0 amide bonds. The van der Waals surface area contributed by atoms with E-state index in [1.165, 1.54) is 0 Å². The van der Waals surface area contributed by atoms with Crippen molar-refractivity contribution >= 4 is 40.5 Å². The van der Waals surface area contributed by atoms with E-state index in [9.17, 15) is 0 Å². The SMILES string of the molecule is Cc1cnc(Cl)c(NC(C)c2ccc(Cl)c(Cl)c2)c1. The second-order valence-corrected chi connectivity index (χ2v) is 5.56. The van der Waals surface area contributed by atoms with Crippen LogP contribution in [0.5, 0.6) is 0 Å². The number of nitrogens with zero attached hydrogens (tertiary/aromatic N) is 1. The summed E-state index contributed by atoms with van der Waals surface area (Å²) in [6.45, 7) is 4.00. The predicted molar refractivity (Wildman–Crippen MR) is 82.5 cm³/mol. The van der Waals surface area contributed by atoms with E-state index in [-0.39, 0.29) is 6.04 Å². The lowest BCUT2D eigenvalue weighted by atomic mass is 10.1. The van der Waals surface area contributed by atoms with Gasteiger partial charge in [0, 0.05) is 12.2 Å². The molecule has 5 heteroatoms. The molecule has 2 aromatic rings. The average Bonchev–Trinajstić information content (AvgIpc) is 2.37. The largest absolute Gasteiger partial charge is 0.376 e. The molecule has 1 heterocycles. The van der Waals surface area contributed by atoms with Crippen LogP contribution < -0.4 is 5.32 Å². The Balaban J connectivity index is 2.22. The number of pyridine rings is 1. The summed E-state index contributed by atoms with van der Waals surface area (Å²) in [4.78, 5) is 4.11. The summed E-state index contributed by atoms with van der Waals surface area (Å²) in [6.07, 6.45) is 1.73. The van der Waals surface area contributed by atoms with Crippen molar-refractivity contribution in [3.05, 3.63) is 56.8 Å². The van der Waals surface area contributed by atoms with Crippen molar-refractivity contribution in [1.82, 2.24) is 4.98 Å².